The van der Waals surface area contributed by atoms with Gasteiger partial charge in [-0.05, 0) is 36.4 Å². The Morgan fingerprint density at radius 1 is 1.08 bits per heavy atom. The van der Waals surface area contributed by atoms with Crippen LogP contribution >= 0.6 is 11.6 Å². The number of halogens is 1. The molecular formula is C19H15ClN2O3S. The number of fused-ring (bicyclic) bond motifs is 4. The standard InChI is InChI=1S/C19H15ClN2O3S/c20-16-9-13(8-14-15-10-21-5-4-18(15)25-19(14)16)26(23,24)12-1-2-17-11(7-12)3-6-22-17/h1-3,6-9,21-22H,4-5,10H2. The first-order valence-electron chi connectivity index (χ1n) is 8.31. The number of hydrogen-bond donors (Lipinski definition) is 2. The molecule has 0 spiro atoms. The van der Waals surface area contributed by atoms with E-state index >= 15 is 0 Å². The maximum Gasteiger partial charge on any atom is 0.206 e. The third-order valence-electron chi connectivity index (χ3n) is 4.88. The highest BCUT2D eigenvalue weighted by Crippen LogP contribution is 2.36. The molecule has 0 saturated carbocycles. The van der Waals surface area contributed by atoms with Gasteiger partial charge >= 0.3 is 0 Å². The second-order valence-corrected chi connectivity index (χ2v) is 8.80. The summed E-state index contributed by atoms with van der Waals surface area (Å²) in [6.45, 7) is 1.49. The van der Waals surface area contributed by atoms with Crippen LogP contribution in [0.3, 0.4) is 0 Å². The molecule has 7 heteroatoms. The number of rotatable bonds is 2. The van der Waals surface area contributed by atoms with Crippen molar-refractivity contribution in [3.8, 4) is 0 Å². The van der Waals surface area contributed by atoms with Gasteiger partial charge in [0, 0.05) is 47.6 Å². The van der Waals surface area contributed by atoms with Crippen molar-refractivity contribution in [2.75, 3.05) is 6.54 Å². The van der Waals surface area contributed by atoms with Gasteiger partial charge in [-0.2, -0.15) is 0 Å². The highest BCUT2D eigenvalue weighted by Gasteiger charge is 2.24. The van der Waals surface area contributed by atoms with Crippen molar-refractivity contribution in [3.63, 3.8) is 0 Å². The predicted octanol–water partition coefficient (Wildman–Crippen LogP) is 4.05. The molecule has 0 amide bonds. The average molecular weight is 387 g/mol. The summed E-state index contributed by atoms with van der Waals surface area (Å²) in [5.74, 6) is 0.879. The van der Waals surface area contributed by atoms with E-state index in [4.69, 9.17) is 16.0 Å². The van der Waals surface area contributed by atoms with E-state index in [-0.39, 0.29) is 9.79 Å². The zero-order valence-electron chi connectivity index (χ0n) is 13.7. The van der Waals surface area contributed by atoms with Crippen LogP contribution in [0, 0.1) is 0 Å². The average Bonchev–Trinajstić information content (AvgIpc) is 3.25. The minimum atomic E-state index is -3.69. The minimum absolute atomic E-state index is 0.180. The maximum atomic E-state index is 13.2. The minimum Gasteiger partial charge on any atom is -0.459 e. The van der Waals surface area contributed by atoms with E-state index in [9.17, 15) is 8.42 Å². The van der Waals surface area contributed by atoms with Crippen LogP contribution in [0.2, 0.25) is 5.02 Å². The maximum absolute atomic E-state index is 13.2. The fraction of sp³-hybridized carbons (Fsp3) is 0.158. The second kappa shape index (κ2) is 5.61. The summed E-state index contributed by atoms with van der Waals surface area (Å²) in [6, 6.07) is 10.1. The van der Waals surface area contributed by atoms with Gasteiger partial charge in [0.15, 0.2) is 5.58 Å². The summed E-state index contributed by atoms with van der Waals surface area (Å²) in [6.07, 6.45) is 2.56. The van der Waals surface area contributed by atoms with Crippen LogP contribution in [-0.4, -0.2) is 19.9 Å². The molecule has 0 fully saturated rings. The second-order valence-electron chi connectivity index (χ2n) is 6.44. The molecule has 2 aromatic carbocycles. The monoisotopic (exact) mass is 386 g/mol. The molecule has 1 aliphatic rings. The zero-order valence-corrected chi connectivity index (χ0v) is 15.2. The third kappa shape index (κ3) is 2.30. The van der Waals surface area contributed by atoms with Crippen molar-refractivity contribution in [1.82, 2.24) is 10.3 Å². The van der Waals surface area contributed by atoms with Gasteiger partial charge in [0.2, 0.25) is 9.84 Å². The van der Waals surface area contributed by atoms with Crippen LogP contribution < -0.4 is 5.32 Å². The fourth-order valence-electron chi connectivity index (χ4n) is 3.53. The molecule has 0 aliphatic carbocycles. The number of aromatic amines is 1. The Bertz CT molecular complexity index is 1270. The van der Waals surface area contributed by atoms with Gasteiger partial charge in [0.25, 0.3) is 0 Å². The Labute approximate surface area is 154 Å². The molecule has 26 heavy (non-hydrogen) atoms. The van der Waals surface area contributed by atoms with Crippen LogP contribution in [0.25, 0.3) is 21.9 Å². The lowest BCUT2D eigenvalue weighted by Crippen LogP contribution is -2.22. The molecule has 2 N–H and O–H groups in total. The van der Waals surface area contributed by atoms with E-state index in [1.54, 1.807) is 30.5 Å². The van der Waals surface area contributed by atoms with E-state index < -0.39 is 9.84 Å². The lowest BCUT2D eigenvalue weighted by molar-refractivity contribution is 0.500. The Kier molecular flexibility index (Phi) is 3.44. The summed E-state index contributed by atoms with van der Waals surface area (Å²) in [5.41, 5.74) is 2.44. The Morgan fingerprint density at radius 3 is 2.85 bits per heavy atom. The van der Waals surface area contributed by atoms with E-state index in [0.717, 1.165) is 40.6 Å². The van der Waals surface area contributed by atoms with Crippen LogP contribution in [-0.2, 0) is 22.8 Å². The normalized spacial score (nSPS) is 14.8. The molecule has 4 aromatic rings. The molecule has 3 heterocycles. The molecule has 5 rings (SSSR count). The molecule has 1 aliphatic heterocycles. The molecule has 0 radical (unpaired) electrons. The van der Waals surface area contributed by atoms with Crippen molar-refractivity contribution >= 4 is 43.3 Å². The highest BCUT2D eigenvalue weighted by molar-refractivity contribution is 7.91. The van der Waals surface area contributed by atoms with Crippen LogP contribution in [0.1, 0.15) is 11.3 Å². The van der Waals surface area contributed by atoms with Gasteiger partial charge in [-0.3, -0.25) is 0 Å². The van der Waals surface area contributed by atoms with E-state index in [1.165, 1.54) is 6.07 Å². The number of furan rings is 1. The molecule has 0 unspecified atom stereocenters. The number of benzene rings is 2. The Balaban J connectivity index is 1.72. The quantitative estimate of drug-likeness (QED) is 0.545. The first kappa shape index (κ1) is 15.9. The van der Waals surface area contributed by atoms with E-state index in [2.05, 4.69) is 10.3 Å². The molecule has 2 aromatic heterocycles. The lowest BCUT2D eigenvalue weighted by Gasteiger charge is -2.11. The van der Waals surface area contributed by atoms with E-state index in [1.807, 2.05) is 6.07 Å². The first-order valence-corrected chi connectivity index (χ1v) is 10.2. The van der Waals surface area contributed by atoms with Gasteiger partial charge < -0.3 is 14.7 Å². The first-order chi connectivity index (χ1) is 12.5. The molecular weight excluding hydrogens is 372 g/mol. The topological polar surface area (TPSA) is 75.1 Å². The van der Waals surface area contributed by atoms with Gasteiger partial charge in [-0.25, -0.2) is 8.42 Å². The summed E-state index contributed by atoms with van der Waals surface area (Å²) in [7, 11) is -3.69. The van der Waals surface area contributed by atoms with Crippen molar-refractivity contribution in [3.05, 3.63) is 58.9 Å². The summed E-state index contributed by atoms with van der Waals surface area (Å²) < 4.78 is 32.2. The number of hydrogen-bond acceptors (Lipinski definition) is 4. The summed E-state index contributed by atoms with van der Waals surface area (Å²) in [5, 5.41) is 5.22. The van der Waals surface area contributed by atoms with Gasteiger partial charge in [-0.1, -0.05) is 11.6 Å². The number of nitrogens with one attached hydrogen (secondary N) is 2. The van der Waals surface area contributed by atoms with Crippen molar-refractivity contribution in [1.29, 1.82) is 0 Å². The molecule has 132 valence electrons. The third-order valence-corrected chi connectivity index (χ3v) is 6.89. The van der Waals surface area contributed by atoms with Crippen LogP contribution in [0.4, 0.5) is 0 Å². The largest absolute Gasteiger partial charge is 0.459 e. The van der Waals surface area contributed by atoms with Gasteiger partial charge in [0.05, 0.1) is 14.8 Å². The lowest BCUT2D eigenvalue weighted by atomic mass is 10.1. The number of aromatic nitrogens is 1. The predicted molar refractivity (Wildman–Crippen MR) is 100 cm³/mol. The van der Waals surface area contributed by atoms with Gasteiger partial charge in [-0.15, -0.1) is 0 Å². The number of H-pyrrole nitrogens is 1. The van der Waals surface area contributed by atoms with Crippen LogP contribution in [0.15, 0.2) is 56.8 Å². The molecule has 0 bridgehead atoms. The zero-order chi connectivity index (χ0) is 17.9. The molecule has 5 nitrogen and oxygen atoms in total. The van der Waals surface area contributed by atoms with Crippen molar-refractivity contribution < 1.29 is 12.8 Å². The fourth-order valence-corrected chi connectivity index (χ4v) is 5.20. The van der Waals surface area contributed by atoms with Crippen molar-refractivity contribution in [2.45, 2.75) is 22.8 Å². The Hall–Kier alpha value is -2.28. The SMILES string of the molecule is O=S(=O)(c1ccc2[nH]ccc2c1)c1cc(Cl)c2oc3c(c2c1)CNCC3. The highest BCUT2D eigenvalue weighted by atomic mass is 35.5. The summed E-state index contributed by atoms with van der Waals surface area (Å²) in [4.78, 5) is 3.49. The van der Waals surface area contributed by atoms with Crippen molar-refractivity contribution in [2.24, 2.45) is 0 Å². The molecule has 0 saturated heterocycles. The van der Waals surface area contributed by atoms with E-state index in [0.29, 0.717) is 17.2 Å². The van der Waals surface area contributed by atoms with Crippen LogP contribution in [0.5, 0.6) is 0 Å². The van der Waals surface area contributed by atoms with Gasteiger partial charge in [0.1, 0.15) is 5.76 Å². The molecule has 0 atom stereocenters. The summed E-state index contributed by atoms with van der Waals surface area (Å²) >= 11 is 6.37. The Morgan fingerprint density at radius 2 is 1.96 bits per heavy atom. The number of sulfone groups is 1. The smallest absolute Gasteiger partial charge is 0.206 e.